The number of nitrogens with zero attached hydrogens (tertiary/aromatic N) is 1. The summed E-state index contributed by atoms with van der Waals surface area (Å²) < 4.78 is 0. The van der Waals surface area contributed by atoms with Gasteiger partial charge < -0.3 is 4.90 Å². The van der Waals surface area contributed by atoms with Gasteiger partial charge in [0.2, 0.25) is 5.91 Å². The van der Waals surface area contributed by atoms with E-state index in [2.05, 4.69) is 24.3 Å². The van der Waals surface area contributed by atoms with E-state index in [4.69, 9.17) is 5.84 Å². The van der Waals surface area contributed by atoms with E-state index in [1.165, 1.54) is 12.8 Å². The van der Waals surface area contributed by atoms with Gasteiger partial charge in [0.15, 0.2) is 0 Å². The minimum absolute atomic E-state index is 0.0878. The molecule has 76 valence electrons. The molecule has 0 radical (unpaired) electrons. The fourth-order valence-electron chi connectivity index (χ4n) is 1.37. The number of hydrogen-bond donors (Lipinski definition) is 2. The van der Waals surface area contributed by atoms with Crippen LogP contribution < -0.4 is 11.3 Å². The molecule has 1 fully saturated rings. The van der Waals surface area contributed by atoms with E-state index >= 15 is 0 Å². The SMILES string of the molecule is CC(CC(=O)NN)N(C)CC1CC1. The van der Waals surface area contributed by atoms with E-state index in [0.29, 0.717) is 6.42 Å². The second-order valence-corrected chi connectivity index (χ2v) is 4.00. The van der Waals surface area contributed by atoms with Gasteiger partial charge in [0.1, 0.15) is 0 Å². The Morgan fingerprint density at radius 2 is 2.31 bits per heavy atom. The minimum Gasteiger partial charge on any atom is -0.303 e. The van der Waals surface area contributed by atoms with Crippen LogP contribution in [0.4, 0.5) is 0 Å². The number of nitrogens with one attached hydrogen (secondary N) is 1. The molecule has 0 aromatic carbocycles. The standard InChI is InChI=1S/C9H19N3O/c1-7(5-9(13)11-10)12(2)6-8-3-4-8/h7-8H,3-6,10H2,1-2H3,(H,11,13). The highest BCUT2D eigenvalue weighted by molar-refractivity contribution is 5.75. The Balaban J connectivity index is 2.19. The van der Waals surface area contributed by atoms with Crippen molar-refractivity contribution in [2.45, 2.75) is 32.2 Å². The largest absolute Gasteiger partial charge is 0.303 e. The zero-order valence-corrected chi connectivity index (χ0v) is 8.42. The van der Waals surface area contributed by atoms with Crippen LogP contribution in [0.15, 0.2) is 0 Å². The molecule has 1 rings (SSSR count). The summed E-state index contributed by atoms with van der Waals surface area (Å²) in [5.74, 6) is 5.80. The maximum Gasteiger partial charge on any atom is 0.235 e. The predicted molar refractivity (Wildman–Crippen MR) is 51.8 cm³/mol. The zero-order chi connectivity index (χ0) is 9.84. The minimum atomic E-state index is -0.0878. The second kappa shape index (κ2) is 4.58. The van der Waals surface area contributed by atoms with Crippen molar-refractivity contribution in [3.05, 3.63) is 0 Å². The summed E-state index contributed by atoms with van der Waals surface area (Å²) >= 11 is 0. The lowest BCUT2D eigenvalue weighted by atomic mass is 10.2. The molecule has 1 aliphatic rings. The van der Waals surface area contributed by atoms with Crippen LogP contribution in [0.3, 0.4) is 0 Å². The summed E-state index contributed by atoms with van der Waals surface area (Å²) in [6, 6.07) is 0.282. The fraction of sp³-hybridized carbons (Fsp3) is 0.889. The molecule has 0 aromatic rings. The van der Waals surface area contributed by atoms with Crippen molar-refractivity contribution < 1.29 is 4.79 Å². The predicted octanol–water partition coefficient (Wildman–Crippen LogP) is 0.0967. The van der Waals surface area contributed by atoms with Crippen LogP contribution in [0.1, 0.15) is 26.2 Å². The topological polar surface area (TPSA) is 58.4 Å². The smallest absolute Gasteiger partial charge is 0.235 e. The fourth-order valence-corrected chi connectivity index (χ4v) is 1.37. The molecule has 0 heterocycles. The third-order valence-electron chi connectivity index (χ3n) is 2.64. The summed E-state index contributed by atoms with van der Waals surface area (Å²) in [5, 5.41) is 0. The van der Waals surface area contributed by atoms with Gasteiger partial charge in [0.05, 0.1) is 0 Å². The van der Waals surface area contributed by atoms with Gasteiger partial charge in [0.25, 0.3) is 0 Å². The molecule has 4 nitrogen and oxygen atoms in total. The van der Waals surface area contributed by atoms with Gasteiger partial charge in [-0.1, -0.05) is 0 Å². The van der Waals surface area contributed by atoms with Crippen molar-refractivity contribution in [1.29, 1.82) is 0 Å². The maximum atomic E-state index is 11.0. The number of carbonyl (C=O) groups is 1. The molecule has 1 unspecified atom stereocenters. The lowest BCUT2D eigenvalue weighted by Crippen LogP contribution is -2.38. The Hall–Kier alpha value is -0.610. The van der Waals surface area contributed by atoms with Crippen molar-refractivity contribution in [2.24, 2.45) is 11.8 Å². The quantitative estimate of drug-likeness (QED) is 0.363. The summed E-state index contributed by atoms with van der Waals surface area (Å²) in [7, 11) is 2.06. The Labute approximate surface area is 79.4 Å². The zero-order valence-electron chi connectivity index (χ0n) is 8.42. The van der Waals surface area contributed by atoms with Crippen LogP contribution in [-0.4, -0.2) is 30.4 Å². The van der Waals surface area contributed by atoms with Crippen LogP contribution in [0.2, 0.25) is 0 Å². The summed E-state index contributed by atoms with van der Waals surface area (Å²) in [6.45, 7) is 3.16. The van der Waals surface area contributed by atoms with E-state index in [1.807, 2.05) is 0 Å². The molecule has 1 atom stereocenters. The number of carbonyl (C=O) groups excluding carboxylic acids is 1. The number of amides is 1. The summed E-state index contributed by atoms with van der Waals surface area (Å²) in [6.07, 6.45) is 3.18. The molecule has 0 aliphatic heterocycles. The molecule has 0 saturated heterocycles. The van der Waals surface area contributed by atoms with Gasteiger partial charge >= 0.3 is 0 Å². The van der Waals surface area contributed by atoms with Crippen molar-refractivity contribution in [3.8, 4) is 0 Å². The number of hydrogen-bond acceptors (Lipinski definition) is 3. The molecule has 0 spiro atoms. The molecule has 13 heavy (non-hydrogen) atoms. The highest BCUT2D eigenvalue weighted by Crippen LogP contribution is 2.29. The van der Waals surface area contributed by atoms with Gasteiger partial charge in [-0.15, -0.1) is 0 Å². The first-order valence-electron chi connectivity index (χ1n) is 4.83. The molecule has 0 aromatic heterocycles. The van der Waals surface area contributed by atoms with Crippen molar-refractivity contribution in [1.82, 2.24) is 10.3 Å². The normalized spacial score (nSPS) is 18.8. The van der Waals surface area contributed by atoms with E-state index in [0.717, 1.165) is 12.5 Å². The van der Waals surface area contributed by atoms with Crippen molar-refractivity contribution in [3.63, 3.8) is 0 Å². The Bertz CT molecular complexity index is 180. The Kier molecular flexibility index (Phi) is 3.69. The molecular weight excluding hydrogens is 166 g/mol. The van der Waals surface area contributed by atoms with Gasteiger partial charge in [0, 0.05) is 19.0 Å². The number of hydrazine groups is 1. The Morgan fingerprint density at radius 3 is 2.77 bits per heavy atom. The third kappa shape index (κ3) is 3.74. The monoisotopic (exact) mass is 185 g/mol. The van der Waals surface area contributed by atoms with Gasteiger partial charge in [-0.2, -0.15) is 0 Å². The third-order valence-corrected chi connectivity index (χ3v) is 2.64. The van der Waals surface area contributed by atoms with Crippen LogP contribution >= 0.6 is 0 Å². The second-order valence-electron chi connectivity index (χ2n) is 4.00. The average Bonchev–Trinajstić information content (AvgIpc) is 2.87. The first-order chi connectivity index (χ1) is 6.13. The van der Waals surface area contributed by atoms with Crippen LogP contribution in [-0.2, 0) is 4.79 Å². The summed E-state index contributed by atoms with van der Waals surface area (Å²) in [5.41, 5.74) is 2.15. The molecule has 4 heteroatoms. The Morgan fingerprint density at radius 1 is 1.69 bits per heavy atom. The van der Waals surface area contributed by atoms with Gasteiger partial charge in [-0.05, 0) is 32.7 Å². The first-order valence-corrected chi connectivity index (χ1v) is 4.83. The van der Waals surface area contributed by atoms with Crippen LogP contribution in [0.5, 0.6) is 0 Å². The summed E-state index contributed by atoms with van der Waals surface area (Å²) in [4.78, 5) is 13.2. The maximum absolute atomic E-state index is 11.0. The van der Waals surface area contributed by atoms with Crippen LogP contribution in [0.25, 0.3) is 0 Å². The van der Waals surface area contributed by atoms with E-state index < -0.39 is 0 Å². The lowest BCUT2D eigenvalue weighted by molar-refractivity contribution is -0.122. The highest BCUT2D eigenvalue weighted by atomic mass is 16.2. The molecular formula is C9H19N3O. The van der Waals surface area contributed by atoms with Gasteiger partial charge in [-0.3, -0.25) is 10.2 Å². The molecule has 0 bridgehead atoms. The lowest BCUT2D eigenvalue weighted by Gasteiger charge is -2.23. The molecule has 3 N–H and O–H groups in total. The highest BCUT2D eigenvalue weighted by Gasteiger charge is 2.25. The van der Waals surface area contributed by atoms with Crippen LogP contribution in [0, 0.1) is 5.92 Å². The van der Waals surface area contributed by atoms with Crippen molar-refractivity contribution >= 4 is 5.91 Å². The molecule has 1 saturated carbocycles. The average molecular weight is 185 g/mol. The molecule has 1 amide bonds. The van der Waals surface area contributed by atoms with E-state index in [-0.39, 0.29) is 11.9 Å². The van der Waals surface area contributed by atoms with Gasteiger partial charge in [-0.25, -0.2) is 5.84 Å². The molecule has 1 aliphatic carbocycles. The number of rotatable bonds is 5. The van der Waals surface area contributed by atoms with Crippen molar-refractivity contribution in [2.75, 3.05) is 13.6 Å². The number of nitrogens with two attached hydrogens (primary N) is 1. The van der Waals surface area contributed by atoms with E-state index in [1.54, 1.807) is 0 Å². The van der Waals surface area contributed by atoms with E-state index in [9.17, 15) is 4.79 Å². The first kappa shape index (κ1) is 10.5.